The lowest BCUT2D eigenvalue weighted by Gasteiger charge is -2.35. The fourth-order valence-electron chi connectivity index (χ4n) is 7.36. The highest BCUT2D eigenvalue weighted by molar-refractivity contribution is 7.92. The molecule has 2 saturated heterocycles. The first-order valence-corrected chi connectivity index (χ1v) is 18.6. The van der Waals surface area contributed by atoms with E-state index in [2.05, 4.69) is 4.98 Å². The van der Waals surface area contributed by atoms with Crippen LogP contribution in [0.4, 0.5) is 19.3 Å². The first-order valence-electron chi connectivity index (χ1n) is 16.7. The van der Waals surface area contributed by atoms with Crippen molar-refractivity contribution in [1.29, 1.82) is 0 Å². The molecule has 4 heterocycles. The quantitative estimate of drug-likeness (QED) is 0.218. The number of ether oxygens (including phenoxy) is 1. The Hall–Kier alpha value is -4.98. The van der Waals surface area contributed by atoms with Crippen LogP contribution in [0.3, 0.4) is 0 Å². The van der Waals surface area contributed by atoms with Crippen LogP contribution >= 0.6 is 0 Å². The fraction of sp³-hybridized carbons (Fsp3) is 0.378. The number of rotatable bonds is 6. The predicted molar refractivity (Wildman–Crippen MR) is 191 cm³/mol. The fourth-order valence-corrected chi connectivity index (χ4v) is 8.27. The molecule has 2 aliphatic rings. The molecule has 2 aliphatic heterocycles. The van der Waals surface area contributed by atoms with E-state index in [-0.39, 0.29) is 51.6 Å². The van der Waals surface area contributed by atoms with Crippen LogP contribution in [0, 0.1) is 17.7 Å². The molecule has 51 heavy (non-hydrogen) atoms. The van der Waals surface area contributed by atoms with Gasteiger partial charge in [-0.3, -0.25) is 13.9 Å². The maximum atomic E-state index is 14.0. The standard InChI is InChI=1S/C37H38F2N4O7S/c1-37(2,3)50-36(46)41-12-10-23-18-42(20-24(23)19-41)35(45)22-7-5-6-21(14-22)27-16-28-31(17-30(27)43(13-11-38)51(4,47)48)49-33-26-9-8-25(39)15-29(26)40-34(44)32(28)33/h5-9,14-17,23-24H,10-13,18-20H2,1-4H3,(H,40,44). The number of halogens is 2. The van der Waals surface area contributed by atoms with Gasteiger partial charge < -0.3 is 23.9 Å². The smallest absolute Gasteiger partial charge is 0.410 e. The van der Waals surface area contributed by atoms with E-state index in [1.807, 2.05) is 20.8 Å². The number of nitrogens with one attached hydrogen (secondary N) is 1. The SMILES string of the molecule is CC(C)(C)OC(=O)N1CCC2CN(C(=O)c3cccc(-c4cc5c(cc4N(CCF)S(C)(=O)=O)oc4c6ccc(F)cc6[nH]c(=O)c54)c3)CC2C1. The number of hydrogen-bond donors (Lipinski definition) is 1. The molecule has 0 spiro atoms. The van der Waals surface area contributed by atoms with Crippen molar-refractivity contribution in [3.05, 3.63) is 76.3 Å². The summed E-state index contributed by atoms with van der Waals surface area (Å²) in [7, 11) is -4.00. The zero-order valence-electron chi connectivity index (χ0n) is 28.7. The van der Waals surface area contributed by atoms with E-state index in [0.717, 1.165) is 17.0 Å². The largest absolute Gasteiger partial charge is 0.455 e. The van der Waals surface area contributed by atoms with Crippen molar-refractivity contribution in [3.63, 3.8) is 0 Å². The zero-order chi connectivity index (χ0) is 36.4. The van der Waals surface area contributed by atoms with Crippen LogP contribution in [0.25, 0.3) is 44.0 Å². The Kier molecular flexibility index (Phi) is 8.55. The summed E-state index contributed by atoms with van der Waals surface area (Å²) in [6.07, 6.45) is 1.35. The third-order valence-electron chi connectivity index (χ3n) is 9.63. The second-order valence-electron chi connectivity index (χ2n) is 14.4. The number of pyridine rings is 1. The van der Waals surface area contributed by atoms with Gasteiger partial charge in [-0.1, -0.05) is 12.1 Å². The second-order valence-corrected chi connectivity index (χ2v) is 16.3. The summed E-state index contributed by atoms with van der Waals surface area (Å²) in [5.41, 5.74) is 0.710. The third-order valence-corrected chi connectivity index (χ3v) is 10.8. The number of sulfonamides is 1. The van der Waals surface area contributed by atoms with Crippen molar-refractivity contribution >= 4 is 60.6 Å². The van der Waals surface area contributed by atoms with Gasteiger partial charge in [0.15, 0.2) is 0 Å². The van der Waals surface area contributed by atoms with Crippen molar-refractivity contribution in [3.8, 4) is 11.1 Å². The molecule has 0 saturated carbocycles. The first kappa shape index (κ1) is 34.5. The van der Waals surface area contributed by atoms with E-state index >= 15 is 0 Å². The molecular weight excluding hydrogens is 682 g/mol. The molecule has 0 bridgehead atoms. The highest BCUT2D eigenvalue weighted by Gasteiger charge is 2.41. The summed E-state index contributed by atoms with van der Waals surface area (Å²) in [6.45, 7) is 6.06. The molecule has 5 aromatic rings. The van der Waals surface area contributed by atoms with Crippen LogP contribution in [-0.4, -0.2) is 86.5 Å². The van der Waals surface area contributed by atoms with Gasteiger partial charge in [0, 0.05) is 54.1 Å². The summed E-state index contributed by atoms with van der Waals surface area (Å²) in [6, 6.07) is 13.7. The summed E-state index contributed by atoms with van der Waals surface area (Å²) in [5, 5.41) is 0.988. The van der Waals surface area contributed by atoms with Crippen LogP contribution in [0.1, 0.15) is 37.6 Å². The molecule has 0 aliphatic carbocycles. The summed E-state index contributed by atoms with van der Waals surface area (Å²) >= 11 is 0. The number of carbonyl (C=O) groups excluding carboxylic acids is 2. The van der Waals surface area contributed by atoms with Gasteiger partial charge in [0.25, 0.3) is 11.5 Å². The van der Waals surface area contributed by atoms with Crippen LogP contribution in [-0.2, 0) is 14.8 Å². The minimum absolute atomic E-state index is 0.0940. The van der Waals surface area contributed by atoms with Crippen LogP contribution in [0.15, 0.2) is 63.8 Å². The van der Waals surface area contributed by atoms with E-state index in [4.69, 9.17) is 9.15 Å². The summed E-state index contributed by atoms with van der Waals surface area (Å²) < 4.78 is 66.5. The highest BCUT2D eigenvalue weighted by atomic mass is 32.2. The molecule has 1 N–H and O–H groups in total. The van der Waals surface area contributed by atoms with Gasteiger partial charge in [-0.15, -0.1) is 0 Å². The molecule has 3 aromatic carbocycles. The number of piperidine rings is 1. The molecule has 268 valence electrons. The molecule has 14 heteroatoms. The minimum Gasteiger partial charge on any atom is -0.455 e. The van der Waals surface area contributed by atoms with Gasteiger partial charge in [-0.25, -0.2) is 22.0 Å². The average Bonchev–Trinajstić information content (AvgIpc) is 3.66. The molecule has 2 atom stereocenters. The number of nitrogens with zero attached hydrogens (tertiary/aromatic N) is 3. The lowest BCUT2D eigenvalue weighted by atomic mass is 9.89. The van der Waals surface area contributed by atoms with Gasteiger partial charge in [-0.2, -0.15) is 0 Å². The van der Waals surface area contributed by atoms with Crippen LogP contribution < -0.4 is 9.86 Å². The Morgan fingerprint density at radius 3 is 2.49 bits per heavy atom. The number of amides is 2. The van der Waals surface area contributed by atoms with Gasteiger partial charge in [0.05, 0.1) is 29.4 Å². The van der Waals surface area contributed by atoms with E-state index in [1.165, 1.54) is 24.3 Å². The highest BCUT2D eigenvalue weighted by Crippen LogP contribution is 2.41. The van der Waals surface area contributed by atoms with Gasteiger partial charge in [0.1, 0.15) is 29.3 Å². The predicted octanol–water partition coefficient (Wildman–Crippen LogP) is 6.30. The monoisotopic (exact) mass is 720 g/mol. The Morgan fingerprint density at radius 1 is 1.02 bits per heavy atom. The van der Waals surface area contributed by atoms with E-state index in [1.54, 1.807) is 40.1 Å². The Bertz CT molecular complexity index is 2380. The molecule has 2 unspecified atom stereocenters. The third kappa shape index (κ3) is 6.52. The lowest BCUT2D eigenvalue weighted by molar-refractivity contribution is 0.0139. The zero-order valence-corrected chi connectivity index (χ0v) is 29.5. The van der Waals surface area contributed by atoms with Crippen LogP contribution in [0.2, 0.25) is 0 Å². The molecule has 2 fully saturated rings. The van der Waals surface area contributed by atoms with Crippen molar-refractivity contribution in [2.45, 2.75) is 32.8 Å². The number of furan rings is 1. The first-order chi connectivity index (χ1) is 24.1. The number of H-pyrrole nitrogens is 1. The molecular formula is C37H38F2N4O7S. The van der Waals surface area contributed by atoms with E-state index in [0.29, 0.717) is 53.6 Å². The normalized spacial score (nSPS) is 18.1. The maximum absolute atomic E-state index is 14.0. The minimum atomic E-state index is -4.00. The number of likely N-dealkylation sites (tertiary alicyclic amines) is 2. The van der Waals surface area contributed by atoms with Crippen molar-refractivity contribution < 1.29 is 35.9 Å². The average molecular weight is 721 g/mol. The summed E-state index contributed by atoms with van der Waals surface area (Å²) in [5.74, 6) is -0.436. The van der Waals surface area contributed by atoms with Crippen molar-refractivity contribution in [2.75, 3.05) is 50.0 Å². The number of anilines is 1. The topological polar surface area (TPSA) is 133 Å². The van der Waals surface area contributed by atoms with Gasteiger partial charge in [-0.05, 0) is 81.0 Å². The number of aromatic nitrogens is 1. The molecule has 2 amide bonds. The Labute approximate surface area is 292 Å². The maximum Gasteiger partial charge on any atom is 0.410 e. The summed E-state index contributed by atoms with van der Waals surface area (Å²) in [4.78, 5) is 46.2. The second kappa shape index (κ2) is 12.7. The number of fused-ring (bicyclic) bond motifs is 6. The lowest BCUT2D eigenvalue weighted by Crippen LogP contribution is -2.45. The van der Waals surface area contributed by atoms with Gasteiger partial charge in [0.2, 0.25) is 10.0 Å². The Morgan fingerprint density at radius 2 is 1.76 bits per heavy atom. The molecule has 0 radical (unpaired) electrons. The van der Waals surface area contributed by atoms with Crippen molar-refractivity contribution in [1.82, 2.24) is 14.8 Å². The Balaban J connectivity index is 1.28. The number of benzene rings is 3. The number of hydrogen-bond acceptors (Lipinski definition) is 7. The number of carbonyl (C=O) groups is 2. The number of alkyl halides is 1. The molecule has 11 nitrogen and oxygen atoms in total. The van der Waals surface area contributed by atoms with Crippen molar-refractivity contribution in [2.24, 2.45) is 11.8 Å². The number of aromatic amines is 1. The molecule has 2 aromatic heterocycles. The van der Waals surface area contributed by atoms with Crippen LogP contribution in [0.5, 0.6) is 0 Å². The van der Waals surface area contributed by atoms with E-state index < -0.39 is 40.2 Å². The molecule has 7 rings (SSSR count). The van der Waals surface area contributed by atoms with Gasteiger partial charge >= 0.3 is 6.09 Å². The van der Waals surface area contributed by atoms with E-state index in [9.17, 15) is 31.6 Å².